The number of thiazole rings is 1. The Labute approximate surface area is 207 Å². The van der Waals surface area contributed by atoms with Crippen molar-refractivity contribution >= 4 is 66.4 Å². The van der Waals surface area contributed by atoms with E-state index < -0.39 is 15.4 Å². The van der Waals surface area contributed by atoms with Crippen LogP contribution in [0.15, 0.2) is 46.5 Å². The van der Waals surface area contributed by atoms with Gasteiger partial charge in [0.05, 0.1) is 18.5 Å². The average molecular weight is 601 g/mol. The minimum Gasteiger partial charge on any atom is -0.381 e. The minimum absolute atomic E-state index is 0.0419. The van der Waals surface area contributed by atoms with Crippen molar-refractivity contribution in [3.8, 4) is 10.4 Å². The van der Waals surface area contributed by atoms with Gasteiger partial charge in [-0.1, -0.05) is 29.3 Å². The van der Waals surface area contributed by atoms with Crippen molar-refractivity contribution in [2.24, 2.45) is 0 Å². The summed E-state index contributed by atoms with van der Waals surface area (Å²) < 4.78 is 27.7. The van der Waals surface area contributed by atoms with Crippen molar-refractivity contribution in [2.45, 2.75) is 28.9 Å². The highest BCUT2D eigenvalue weighted by molar-refractivity contribution is 14.1. The largest absolute Gasteiger partial charge is 0.381 e. The van der Waals surface area contributed by atoms with Gasteiger partial charge in [-0.05, 0) is 60.7 Å². The smallest absolute Gasteiger partial charge is 0.225 e. The number of pyridine rings is 1. The monoisotopic (exact) mass is 600 g/mol. The summed E-state index contributed by atoms with van der Waals surface area (Å²) in [5.74, 6) is 0. The highest BCUT2D eigenvalue weighted by Crippen LogP contribution is 2.43. The summed E-state index contributed by atoms with van der Waals surface area (Å²) in [7, 11) is -3.96. The molecule has 1 saturated heterocycles. The van der Waals surface area contributed by atoms with E-state index in [1.165, 1.54) is 11.3 Å². The molecule has 7 nitrogen and oxygen atoms in total. The van der Waals surface area contributed by atoms with E-state index >= 15 is 0 Å². The van der Waals surface area contributed by atoms with Gasteiger partial charge in [-0.2, -0.15) is 0 Å². The quantitative estimate of drug-likeness (QED) is 0.302. The van der Waals surface area contributed by atoms with Gasteiger partial charge in [-0.25, -0.2) is 18.4 Å². The Bertz CT molecular complexity index is 1440. The van der Waals surface area contributed by atoms with Crippen LogP contribution >= 0.6 is 45.5 Å². The number of β-amino-alcohol motifs (C(OH)–C–C–N with tert-alkyl or cyclic N) is 1. The number of aryl methyl sites for hydroxylation is 1. The second-order valence-electron chi connectivity index (χ2n) is 7.79. The van der Waals surface area contributed by atoms with Gasteiger partial charge in [0, 0.05) is 23.7 Å². The molecule has 3 aromatic heterocycles. The maximum atomic E-state index is 13.4. The molecule has 166 valence electrons. The summed E-state index contributed by atoms with van der Waals surface area (Å²) in [5.41, 5.74) is 0.885. The number of aliphatic hydroxyl groups is 1. The number of sulfone groups is 1. The SMILES string of the molecule is Cc1ccc(S(=O)(=O)c2nc3[nH]c(I)cc3c(-c3cnc(C4(O)CCNC4)s3)c2Cl)cc1. The zero-order valence-corrected chi connectivity index (χ0v) is 21.4. The third-order valence-electron chi connectivity index (χ3n) is 5.52. The summed E-state index contributed by atoms with van der Waals surface area (Å²) in [4.78, 5) is 12.8. The predicted octanol–water partition coefficient (Wildman–Crippen LogP) is 4.27. The van der Waals surface area contributed by atoms with E-state index in [1.54, 1.807) is 30.5 Å². The Morgan fingerprint density at radius 1 is 1.28 bits per heavy atom. The predicted molar refractivity (Wildman–Crippen MR) is 133 cm³/mol. The molecule has 3 N–H and O–H groups in total. The van der Waals surface area contributed by atoms with E-state index in [0.717, 1.165) is 9.26 Å². The number of rotatable bonds is 4. The Kier molecular flexibility index (Phi) is 5.58. The van der Waals surface area contributed by atoms with E-state index in [2.05, 4.69) is 42.9 Å². The van der Waals surface area contributed by atoms with Crippen LogP contribution in [0.1, 0.15) is 17.0 Å². The zero-order chi connectivity index (χ0) is 22.7. The lowest BCUT2D eigenvalue weighted by molar-refractivity contribution is 0.0584. The fraction of sp³-hybridized carbons (Fsp3) is 0.238. The number of hydrogen-bond donors (Lipinski definition) is 3. The number of hydrogen-bond acceptors (Lipinski definition) is 7. The molecule has 1 aliphatic rings. The second-order valence-corrected chi connectivity index (χ2v) is 12.2. The Hall–Kier alpha value is -1.57. The van der Waals surface area contributed by atoms with Crippen LogP contribution in [0.5, 0.6) is 0 Å². The zero-order valence-electron chi connectivity index (χ0n) is 16.8. The van der Waals surface area contributed by atoms with Crippen LogP contribution in [-0.2, 0) is 15.4 Å². The number of nitrogens with one attached hydrogen (secondary N) is 2. The summed E-state index contributed by atoms with van der Waals surface area (Å²) in [6.07, 6.45) is 2.20. The number of halogens is 2. The fourth-order valence-corrected chi connectivity index (χ4v) is 7.32. The minimum atomic E-state index is -3.96. The molecule has 0 aliphatic carbocycles. The first kappa shape index (κ1) is 22.2. The number of aromatic amines is 1. The van der Waals surface area contributed by atoms with E-state index in [1.807, 2.05) is 13.0 Å². The van der Waals surface area contributed by atoms with Gasteiger partial charge in [0.15, 0.2) is 5.03 Å². The van der Waals surface area contributed by atoms with E-state index in [4.69, 9.17) is 11.6 Å². The Balaban J connectivity index is 1.72. The molecule has 0 bridgehead atoms. The standard InChI is InChI=1S/C21H18ClIN4O3S2/c1-11-2-4-12(5-3-11)32(29,30)19-17(22)16(13-8-15(23)26-18(13)27-19)14-9-25-20(31-14)21(28)6-7-24-10-21/h2-5,8-9,24,28H,6-7,10H2,1H3,(H,26,27). The molecule has 11 heteroatoms. The van der Waals surface area contributed by atoms with Crippen LogP contribution in [0.25, 0.3) is 21.5 Å². The van der Waals surface area contributed by atoms with Gasteiger partial charge in [-0.3, -0.25) is 0 Å². The van der Waals surface area contributed by atoms with E-state index in [0.29, 0.717) is 46.0 Å². The van der Waals surface area contributed by atoms with Crippen molar-refractivity contribution in [3.63, 3.8) is 0 Å². The first-order valence-corrected chi connectivity index (χ1v) is 13.5. The molecule has 4 heterocycles. The van der Waals surface area contributed by atoms with Gasteiger partial charge in [0.1, 0.15) is 16.3 Å². The molecular formula is C21H18ClIN4O3S2. The molecule has 32 heavy (non-hydrogen) atoms. The molecule has 4 aromatic rings. The Morgan fingerprint density at radius 3 is 2.72 bits per heavy atom. The van der Waals surface area contributed by atoms with Crippen molar-refractivity contribution < 1.29 is 13.5 Å². The molecule has 1 aromatic carbocycles. The molecule has 1 unspecified atom stereocenters. The van der Waals surface area contributed by atoms with Crippen LogP contribution in [0, 0.1) is 10.6 Å². The number of fused-ring (bicyclic) bond motifs is 1. The van der Waals surface area contributed by atoms with Crippen molar-refractivity contribution in [1.29, 1.82) is 0 Å². The first-order valence-electron chi connectivity index (χ1n) is 9.78. The van der Waals surface area contributed by atoms with Crippen LogP contribution in [0.2, 0.25) is 5.02 Å². The van der Waals surface area contributed by atoms with Gasteiger partial charge >= 0.3 is 0 Å². The maximum absolute atomic E-state index is 13.4. The van der Waals surface area contributed by atoms with Gasteiger partial charge in [0.2, 0.25) is 9.84 Å². The third-order valence-corrected chi connectivity index (χ3v) is 9.49. The molecule has 0 spiro atoms. The van der Waals surface area contributed by atoms with Crippen LogP contribution in [0.4, 0.5) is 0 Å². The Morgan fingerprint density at radius 2 is 2.03 bits per heavy atom. The molecule has 1 atom stereocenters. The normalized spacial score (nSPS) is 19.1. The highest BCUT2D eigenvalue weighted by atomic mass is 127. The maximum Gasteiger partial charge on any atom is 0.225 e. The lowest BCUT2D eigenvalue weighted by Crippen LogP contribution is -2.27. The van der Waals surface area contributed by atoms with Crippen LogP contribution < -0.4 is 5.32 Å². The molecule has 0 radical (unpaired) electrons. The fourth-order valence-electron chi connectivity index (χ4n) is 3.78. The molecule has 1 fully saturated rings. The van der Waals surface area contributed by atoms with Crippen molar-refractivity contribution in [2.75, 3.05) is 13.1 Å². The number of H-pyrrole nitrogens is 1. The third kappa shape index (κ3) is 3.66. The second kappa shape index (κ2) is 8.03. The van der Waals surface area contributed by atoms with Gasteiger partial charge < -0.3 is 15.4 Å². The average Bonchev–Trinajstić information content (AvgIpc) is 3.48. The molecule has 5 rings (SSSR count). The number of nitrogens with zero attached hydrogens (tertiary/aromatic N) is 2. The van der Waals surface area contributed by atoms with Gasteiger partial charge in [0.25, 0.3) is 0 Å². The summed E-state index contributed by atoms with van der Waals surface area (Å²) >= 11 is 10.2. The first-order chi connectivity index (χ1) is 15.2. The lowest BCUT2D eigenvalue weighted by Gasteiger charge is -2.17. The molecule has 0 amide bonds. The summed E-state index contributed by atoms with van der Waals surface area (Å²) in [6, 6.07) is 8.46. The van der Waals surface area contributed by atoms with E-state index in [9.17, 15) is 13.5 Å². The number of benzene rings is 1. The van der Waals surface area contributed by atoms with Crippen molar-refractivity contribution in [3.05, 3.63) is 55.8 Å². The molecule has 0 saturated carbocycles. The van der Waals surface area contributed by atoms with Crippen LogP contribution in [-0.4, -0.2) is 41.6 Å². The summed E-state index contributed by atoms with van der Waals surface area (Å²) in [5, 5.41) is 15.2. The van der Waals surface area contributed by atoms with Gasteiger partial charge in [-0.15, -0.1) is 11.3 Å². The van der Waals surface area contributed by atoms with Crippen molar-refractivity contribution in [1.82, 2.24) is 20.3 Å². The topological polar surface area (TPSA) is 108 Å². The lowest BCUT2D eigenvalue weighted by atomic mass is 10.1. The summed E-state index contributed by atoms with van der Waals surface area (Å²) in [6.45, 7) is 3.02. The van der Waals surface area contributed by atoms with Crippen LogP contribution in [0.3, 0.4) is 0 Å². The van der Waals surface area contributed by atoms with E-state index in [-0.39, 0.29) is 14.9 Å². The highest BCUT2D eigenvalue weighted by Gasteiger charge is 2.36. The number of aromatic nitrogens is 3. The molecular weight excluding hydrogens is 583 g/mol. The molecule has 1 aliphatic heterocycles.